The van der Waals surface area contributed by atoms with Crippen LogP contribution in [0.4, 0.5) is 11.4 Å². The van der Waals surface area contributed by atoms with Crippen molar-refractivity contribution >= 4 is 11.4 Å². The molecule has 0 spiro atoms. The summed E-state index contributed by atoms with van der Waals surface area (Å²) in [6.45, 7) is 3.92. The van der Waals surface area contributed by atoms with Crippen LogP contribution in [0.25, 0.3) is 0 Å². The van der Waals surface area contributed by atoms with Gasteiger partial charge in [-0.15, -0.1) is 0 Å². The average molecular weight is 283 g/mol. The van der Waals surface area contributed by atoms with Gasteiger partial charge in [0.2, 0.25) is 0 Å². The molecule has 0 atom stereocenters. The van der Waals surface area contributed by atoms with Crippen molar-refractivity contribution in [3.63, 3.8) is 0 Å². The number of nitro groups is 2. The Morgan fingerprint density at radius 2 is 1.90 bits per heavy atom. The maximum atomic E-state index is 11.0. The van der Waals surface area contributed by atoms with Crippen molar-refractivity contribution in [2.24, 2.45) is 0 Å². The molecule has 0 aliphatic rings. The highest BCUT2D eigenvalue weighted by molar-refractivity contribution is 5.49. The Bertz CT molecular complexity index is 516. The smallest absolute Gasteiger partial charge is 0.280 e. The van der Waals surface area contributed by atoms with Gasteiger partial charge in [-0.3, -0.25) is 20.2 Å². The Morgan fingerprint density at radius 3 is 2.40 bits per heavy atom. The first-order valence-corrected chi connectivity index (χ1v) is 6.04. The van der Waals surface area contributed by atoms with E-state index in [0.29, 0.717) is 12.0 Å². The number of nitrogens with one attached hydrogen (secondary N) is 1. The number of nitro benzene ring substituents is 2. The zero-order valence-corrected chi connectivity index (χ0v) is 11.3. The van der Waals surface area contributed by atoms with E-state index in [9.17, 15) is 20.2 Å². The molecular formula is C12H17N3O5. The highest BCUT2D eigenvalue weighted by Gasteiger charge is 2.22. The summed E-state index contributed by atoms with van der Waals surface area (Å²) < 4.78 is 0. The first-order chi connectivity index (χ1) is 9.26. The van der Waals surface area contributed by atoms with E-state index in [4.69, 9.17) is 5.11 Å². The van der Waals surface area contributed by atoms with E-state index in [-0.39, 0.29) is 30.1 Å². The molecule has 20 heavy (non-hydrogen) atoms. The van der Waals surface area contributed by atoms with Crippen LogP contribution >= 0.6 is 0 Å². The van der Waals surface area contributed by atoms with Gasteiger partial charge in [0.1, 0.15) is 0 Å². The fourth-order valence-electron chi connectivity index (χ4n) is 1.69. The van der Waals surface area contributed by atoms with Gasteiger partial charge >= 0.3 is 0 Å². The van der Waals surface area contributed by atoms with Crippen LogP contribution in [-0.4, -0.2) is 27.1 Å². The zero-order valence-electron chi connectivity index (χ0n) is 11.3. The summed E-state index contributed by atoms with van der Waals surface area (Å²) in [5, 5.41) is 33.6. The van der Waals surface area contributed by atoms with E-state index in [1.54, 1.807) is 0 Å². The van der Waals surface area contributed by atoms with Crippen molar-refractivity contribution in [2.45, 2.75) is 32.4 Å². The van der Waals surface area contributed by atoms with E-state index >= 15 is 0 Å². The second kappa shape index (κ2) is 6.40. The molecule has 8 nitrogen and oxygen atoms in total. The number of hydrogen-bond donors (Lipinski definition) is 2. The number of nitrogens with zero attached hydrogens (tertiary/aromatic N) is 2. The third-order valence-corrected chi connectivity index (χ3v) is 2.97. The molecule has 0 unspecified atom stereocenters. The predicted octanol–water partition coefficient (Wildman–Crippen LogP) is 1.75. The minimum absolute atomic E-state index is 0.00234. The van der Waals surface area contributed by atoms with Gasteiger partial charge in [-0.25, -0.2) is 0 Å². The highest BCUT2D eigenvalue weighted by atomic mass is 16.6. The Morgan fingerprint density at radius 1 is 1.25 bits per heavy atom. The maximum Gasteiger partial charge on any atom is 0.280 e. The molecule has 0 saturated carbocycles. The third-order valence-electron chi connectivity index (χ3n) is 2.97. The number of rotatable bonds is 7. The van der Waals surface area contributed by atoms with Crippen LogP contribution in [0.5, 0.6) is 0 Å². The van der Waals surface area contributed by atoms with E-state index < -0.39 is 9.85 Å². The van der Waals surface area contributed by atoms with Crippen LogP contribution in [0.1, 0.15) is 25.8 Å². The second-order valence-corrected chi connectivity index (χ2v) is 5.04. The quantitative estimate of drug-likeness (QED) is 0.581. The number of hydrogen-bond acceptors (Lipinski definition) is 6. The summed E-state index contributed by atoms with van der Waals surface area (Å²) >= 11 is 0. The van der Waals surface area contributed by atoms with Crippen molar-refractivity contribution in [3.05, 3.63) is 44.0 Å². The van der Waals surface area contributed by atoms with Gasteiger partial charge in [0.25, 0.3) is 11.4 Å². The van der Waals surface area contributed by atoms with Crippen LogP contribution < -0.4 is 5.32 Å². The van der Waals surface area contributed by atoms with Crippen LogP contribution in [-0.2, 0) is 6.54 Å². The summed E-state index contributed by atoms with van der Waals surface area (Å²) in [7, 11) is 0. The van der Waals surface area contributed by atoms with Crippen molar-refractivity contribution in [2.75, 3.05) is 6.61 Å². The molecule has 1 rings (SSSR count). The largest absolute Gasteiger partial charge is 0.396 e. The monoisotopic (exact) mass is 283 g/mol. The number of aliphatic hydroxyl groups is 1. The molecule has 1 aromatic rings. The summed E-state index contributed by atoms with van der Waals surface area (Å²) in [5.41, 5.74) is -0.613. The molecule has 0 radical (unpaired) electrons. The Hall–Kier alpha value is -2.06. The predicted molar refractivity (Wildman–Crippen MR) is 72.4 cm³/mol. The molecule has 0 bridgehead atoms. The molecule has 0 fully saturated rings. The van der Waals surface area contributed by atoms with E-state index in [1.165, 1.54) is 12.1 Å². The molecule has 2 N–H and O–H groups in total. The summed E-state index contributed by atoms with van der Waals surface area (Å²) in [4.78, 5) is 20.3. The number of aliphatic hydroxyl groups excluding tert-OH is 1. The second-order valence-electron chi connectivity index (χ2n) is 5.04. The minimum Gasteiger partial charge on any atom is -0.396 e. The number of benzene rings is 1. The molecule has 0 aromatic heterocycles. The summed E-state index contributed by atoms with van der Waals surface area (Å²) in [6, 6.07) is 3.57. The first-order valence-electron chi connectivity index (χ1n) is 6.04. The van der Waals surface area contributed by atoms with Gasteiger partial charge in [0, 0.05) is 30.3 Å². The summed E-state index contributed by atoms with van der Waals surface area (Å²) in [5.74, 6) is 0. The molecular weight excluding hydrogens is 266 g/mol. The molecule has 0 heterocycles. The Kier molecular flexibility index (Phi) is 5.12. The van der Waals surface area contributed by atoms with Gasteiger partial charge in [-0.05, 0) is 26.3 Å². The van der Waals surface area contributed by atoms with Gasteiger partial charge in [0.05, 0.1) is 15.9 Å². The lowest BCUT2D eigenvalue weighted by molar-refractivity contribution is -0.394. The Balaban J connectivity index is 2.95. The van der Waals surface area contributed by atoms with Crippen molar-refractivity contribution < 1.29 is 15.0 Å². The van der Waals surface area contributed by atoms with Crippen LogP contribution in [0.2, 0.25) is 0 Å². The molecule has 0 aliphatic carbocycles. The Labute approximate surface area is 115 Å². The highest BCUT2D eigenvalue weighted by Crippen LogP contribution is 2.25. The lowest BCUT2D eigenvalue weighted by Gasteiger charge is -2.25. The van der Waals surface area contributed by atoms with E-state index in [1.807, 2.05) is 13.8 Å². The zero-order chi connectivity index (χ0) is 15.3. The topological polar surface area (TPSA) is 119 Å². The molecule has 0 aliphatic heterocycles. The molecule has 0 saturated heterocycles. The lowest BCUT2D eigenvalue weighted by Crippen LogP contribution is -2.39. The van der Waals surface area contributed by atoms with Crippen molar-refractivity contribution in [1.82, 2.24) is 5.32 Å². The van der Waals surface area contributed by atoms with E-state index in [0.717, 1.165) is 6.07 Å². The number of non-ortho nitro benzene ring substituents is 1. The molecule has 110 valence electrons. The third kappa shape index (κ3) is 4.25. The minimum atomic E-state index is -0.667. The first kappa shape index (κ1) is 16.0. The summed E-state index contributed by atoms with van der Waals surface area (Å²) in [6.07, 6.45) is 0.494. The fraction of sp³-hybridized carbons (Fsp3) is 0.500. The van der Waals surface area contributed by atoms with Gasteiger partial charge in [-0.2, -0.15) is 0 Å². The van der Waals surface area contributed by atoms with Crippen LogP contribution in [0.15, 0.2) is 18.2 Å². The standard InChI is InChI=1S/C12H17N3O5/c1-12(2,5-6-16)13-8-9-3-4-10(14(17)18)7-11(9)15(19)20/h3-4,7,13,16H,5-6,8H2,1-2H3. The van der Waals surface area contributed by atoms with Crippen LogP contribution in [0, 0.1) is 20.2 Å². The average Bonchev–Trinajstić information content (AvgIpc) is 2.36. The normalized spacial score (nSPS) is 11.3. The maximum absolute atomic E-state index is 11.0. The fourth-order valence-corrected chi connectivity index (χ4v) is 1.69. The molecule has 1 aromatic carbocycles. The van der Waals surface area contributed by atoms with Gasteiger partial charge in [0.15, 0.2) is 0 Å². The molecule has 0 amide bonds. The van der Waals surface area contributed by atoms with Crippen molar-refractivity contribution in [1.29, 1.82) is 0 Å². The van der Waals surface area contributed by atoms with Crippen molar-refractivity contribution in [3.8, 4) is 0 Å². The van der Waals surface area contributed by atoms with E-state index in [2.05, 4.69) is 5.32 Å². The van der Waals surface area contributed by atoms with Crippen LogP contribution in [0.3, 0.4) is 0 Å². The van der Waals surface area contributed by atoms with Gasteiger partial charge in [-0.1, -0.05) is 0 Å². The lowest BCUT2D eigenvalue weighted by atomic mass is 10.0. The van der Waals surface area contributed by atoms with Gasteiger partial charge < -0.3 is 10.4 Å². The molecule has 8 heteroatoms. The SMILES string of the molecule is CC(C)(CCO)NCc1ccc([N+](=O)[O-])cc1[N+](=O)[O-].